The Kier molecular flexibility index (Phi) is 4.15. The molecule has 0 aliphatic rings. The van der Waals surface area contributed by atoms with Gasteiger partial charge in [-0.15, -0.1) is 0 Å². The van der Waals surface area contributed by atoms with E-state index in [1.54, 1.807) is 0 Å². The standard InChI is InChI=1S/C19H21N3O/c1-14(2)22(13-16-9-5-4-6-10-16)19(23)18-15(3)20-17-11-7-8-12-21(17)18/h4-12,14H,13H2,1-3H3. The van der Waals surface area contributed by atoms with E-state index in [-0.39, 0.29) is 11.9 Å². The molecule has 4 nitrogen and oxygen atoms in total. The summed E-state index contributed by atoms with van der Waals surface area (Å²) >= 11 is 0. The minimum absolute atomic E-state index is 0.0139. The van der Waals surface area contributed by atoms with E-state index in [0.29, 0.717) is 12.2 Å². The van der Waals surface area contributed by atoms with Crippen molar-refractivity contribution < 1.29 is 4.79 Å². The number of fused-ring (bicyclic) bond motifs is 1. The lowest BCUT2D eigenvalue weighted by Gasteiger charge is -2.27. The number of pyridine rings is 1. The Bertz CT molecular complexity index is 821. The summed E-state index contributed by atoms with van der Waals surface area (Å²) in [6.07, 6.45) is 1.89. The van der Waals surface area contributed by atoms with Crippen molar-refractivity contribution in [3.63, 3.8) is 0 Å². The minimum Gasteiger partial charge on any atom is -0.331 e. The zero-order valence-electron chi connectivity index (χ0n) is 13.7. The van der Waals surface area contributed by atoms with Crippen LogP contribution in [0.1, 0.15) is 35.6 Å². The number of hydrogen-bond donors (Lipinski definition) is 0. The quantitative estimate of drug-likeness (QED) is 0.737. The smallest absolute Gasteiger partial charge is 0.273 e. The van der Waals surface area contributed by atoms with Crippen LogP contribution in [-0.2, 0) is 6.54 Å². The van der Waals surface area contributed by atoms with Crippen LogP contribution in [0.3, 0.4) is 0 Å². The Morgan fingerprint density at radius 2 is 1.83 bits per heavy atom. The SMILES string of the molecule is Cc1nc2ccccn2c1C(=O)N(Cc1ccccc1)C(C)C. The van der Waals surface area contributed by atoms with E-state index < -0.39 is 0 Å². The average molecular weight is 307 g/mol. The van der Waals surface area contributed by atoms with Crippen molar-refractivity contribution in [2.45, 2.75) is 33.4 Å². The van der Waals surface area contributed by atoms with Gasteiger partial charge in [-0.2, -0.15) is 0 Å². The Morgan fingerprint density at radius 3 is 2.52 bits per heavy atom. The highest BCUT2D eigenvalue weighted by molar-refractivity contribution is 5.94. The number of nitrogens with zero attached hydrogens (tertiary/aromatic N) is 3. The summed E-state index contributed by atoms with van der Waals surface area (Å²) in [5.74, 6) is 0.0139. The summed E-state index contributed by atoms with van der Waals surface area (Å²) in [6, 6.07) is 15.9. The van der Waals surface area contributed by atoms with Gasteiger partial charge in [-0.1, -0.05) is 36.4 Å². The number of carbonyl (C=O) groups is 1. The molecule has 0 aliphatic heterocycles. The van der Waals surface area contributed by atoms with Gasteiger partial charge >= 0.3 is 0 Å². The van der Waals surface area contributed by atoms with Gasteiger partial charge in [0.05, 0.1) is 5.69 Å². The largest absolute Gasteiger partial charge is 0.331 e. The van der Waals surface area contributed by atoms with E-state index in [0.717, 1.165) is 16.9 Å². The van der Waals surface area contributed by atoms with Gasteiger partial charge < -0.3 is 4.90 Å². The summed E-state index contributed by atoms with van der Waals surface area (Å²) in [5.41, 5.74) is 3.34. The summed E-state index contributed by atoms with van der Waals surface area (Å²) in [6.45, 7) is 6.57. The molecule has 2 aromatic heterocycles. The first kappa shape index (κ1) is 15.3. The maximum Gasteiger partial charge on any atom is 0.273 e. The molecule has 3 aromatic rings. The van der Waals surface area contributed by atoms with E-state index in [9.17, 15) is 4.79 Å². The maximum absolute atomic E-state index is 13.2. The number of imidazole rings is 1. The first-order valence-corrected chi connectivity index (χ1v) is 7.86. The van der Waals surface area contributed by atoms with Gasteiger partial charge in [-0.25, -0.2) is 4.98 Å². The summed E-state index contributed by atoms with van der Waals surface area (Å²) in [5, 5.41) is 0. The number of amides is 1. The molecule has 0 saturated heterocycles. The van der Waals surface area contributed by atoms with E-state index in [1.807, 2.05) is 84.8 Å². The average Bonchev–Trinajstić information content (AvgIpc) is 2.88. The number of aryl methyl sites for hydroxylation is 1. The fourth-order valence-corrected chi connectivity index (χ4v) is 2.78. The molecule has 0 spiro atoms. The zero-order valence-corrected chi connectivity index (χ0v) is 13.7. The third-order valence-electron chi connectivity index (χ3n) is 3.99. The molecule has 0 N–H and O–H groups in total. The van der Waals surface area contributed by atoms with E-state index in [4.69, 9.17) is 0 Å². The molecule has 3 rings (SSSR count). The van der Waals surface area contributed by atoms with Gasteiger partial charge in [0.25, 0.3) is 5.91 Å². The fourth-order valence-electron chi connectivity index (χ4n) is 2.78. The maximum atomic E-state index is 13.2. The Morgan fingerprint density at radius 1 is 1.13 bits per heavy atom. The summed E-state index contributed by atoms with van der Waals surface area (Å²) in [4.78, 5) is 19.5. The molecule has 0 fully saturated rings. The lowest BCUT2D eigenvalue weighted by atomic mass is 10.1. The van der Waals surface area contributed by atoms with Crippen molar-refractivity contribution >= 4 is 11.6 Å². The molecule has 118 valence electrons. The number of aromatic nitrogens is 2. The van der Waals surface area contributed by atoms with Crippen LogP contribution in [0.15, 0.2) is 54.7 Å². The first-order valence-electron chi connectivity index (χ1n) is 7.86. The van der Waals surface area contributed by atoms with Crippen molar-refractivity contribution in [3.8, 4) is 0 Å². The lowest BCUT2D eigenvalue weighted by Crippen LogP contribution is -2.37. The highest BCUT2D eigenvalue weighted by atomic mass is 16.2. The van der Waals surface area contributed by atoms with Crippen molar-refractivity contribution in [1.29, 1.82) is 0 Å². The second-order valence-electron chi connectivity index (χ2n) is 5.99. The first-order chi connectivity index (χ1) is 11.1. The second kappa shape index (κ2) is 6.24. The summed E-state index contributed by atoms with van der Waals surface area (Å²) < 4.78 is 1.87. The third-order valence-corrected chi connectivity index (χ3v) is 3.99. The topological polar surface area (TPSA) is 37.6 Å². The van der Waals surface area contributed by atoms with Crippen LogP contribution in [-0.4, -0.2) is 26.2 Å². The highest BCUT2D eigenvalue weighted by Crippen LogP contribution is 2.18. The van der Waals surface area contributed by atoms with Crippen molar-refractivity contribution in [2.75, 3.05) is 0 Å². The van der Waals surface area contributed by atoms with E-state index in [2.05, 4.69) is 4.98 Å². The van der Waals surface area contributed by atoms with Crippen LogP contribution in [0.2, 0.25) is 0 Å². The highest BCUT2D eigenvalue weighted by Gasteiger charge is 2.24. The molecule has 1 amide bonds. The molecular formula is C19H21N3O. The zero-order chi connectivity index (χ0) is 16.4. The van der Waals surface area contributed by atoms with E-state index in [1.165, 1.54) is 0 Å². The molecule has 0 aliphatic carbocycles. The van der Waals surface area contributed by atoms with Crippen LogP contribution < -0.4 is 0 Å². The monoisotopic (exact) mass is 307 g/mol. The molecule has 1 aromatic carbocycles. The van der Waals surface area contributed by atoms with Gasteiger partial charge in [0, 0.05) is 18.8 Å². The molecule has 0 unspecified atom stereocenters. The van der Waals surface area contributed by atoms with Crippen molar-refractivity contribution in [2.24, 2.45) is 0 Å². The van der Waals surface area contributed by atoms with Gasteiger partial charge in [0.2, 0.25) is 0 Å². The Hall–Kier alpha value is -2.62. The molecule has 0 saturated carbocycles. The lowest BCUT2D eigenvalue weighted by molar-refractivity contribution is 0.0682. The van der Waals surface area contributed by atoms with Crippen LogP contribution >= 0.6 is 0 Å². The molecule has 4 heteroatoms. The van der Waals surface area contributed by atoms with Crippen LogP contribution in [0.25, 0.3) is 5.65 Å². The normalized spacial score (nSPS) is 11.1. The summed E-state index contributed by atoms with van der Waals surface area (Å²) in [7, 11) is 0. The molecule has 0 atom stereocenters. The number of carbonyl (C=O) groups excluding carboxylic acids is 1. The fraction of sp³-hybridized carbons (Fsp3) is 0.263. The Balaban J connectivity index is 1.99. The number of hydrogen-bond acceptors (Lipinski definition) is 2. The molecular weight excluding hydrogens is 286 g/mol. The molecule has 23 heavy (non-hydrogen) atoms. The van der Waals surface area contributed by atoms with Gasteiger partial charge in [-0.3, -0.25) is 9.20 Å². The number of rotatable bonds is 4. The Labute approximate surface area is 136 Å². The van der Waals surface area contributed by atoms with Crippen LogP contribution in [0.4, 0.5) is 0 Å². The van der Waals surface area contributed by atoms with Crippen LogP contribution in [0, 0.1) is 6.92 Å². The van der Waals surface area contributed by atoms with Crippen LogP contribution in [0.5, 0.6) is 0 Å². The second-order valence-corrected chi connectivity index (χ2v) is 5.99. The predicted molar refractivity (Wildman–Crippen MR) is 91.4 cm³/mol. The minimum atomic E-state index is 0.0139. The van der Waals surface area contributed by atoms with Crippen molar-refractivity contribution in [3.05, 3.63) is 71.7 Å². The molecule has 0 radical (unpaired) electrons. The van der Waals surface area contributed by atoms with Gasteiger partial charge in [0.1, 0.15) is 11.3 Å². The molecule has 0 bridgehead atoms. The molecule has 2 heterocycles. The predicted octanol–water partition coefficient (Wildman–Crippen LogP) is 3.69. The third kappa shape index (κ3) is 2.97. The van der Waals surface area contributed by atoms with Crippen molar-refractivity contribution in [1.82, 2.24) is 14.3 Å². The van der Waals surface area contributed by atoms with Gasteiger partial charge in [0.15, 0.2) is 0 Å². The van der Waals surface area contributed by atoms with Gasteiger partial charge in [-0.05, 0) is 38.5 Å². The van der Waals surface area contributed by atoms with E-state index >= 15 is 0 Å². The number of benzene rings is 1.